The van der Waals surface area contributed by atoms with Crippen LogP contribution < -0.4 is 10.9 Å². The highest BCUT2D eigenvalue weighted by molar-refractivity contribution is 7.91. The number of carbonyl (C=O) groups is 1. The number of sulfonamides is 1. The Labute approximate surface area is 198 Å². The highest BCUT2D eigenvalue weighted by Crippen LogP contribution is 2.33. The van der Waals surface area contributed by atoms with E-state index in [-0.39, 0.29) is 20.7 Å². The van der Waals surface area contributed by atoms with Gasteiger partial charge in [0.05, 0.1) is 17.6 Å². The van der Waals surface area contributed by atoms with Crippen LogP contribution in [0.25, 0.3) is 16.9 Å². The number of nitrogens with zero attached hydrogens (tertiary/aromatic N) is 4. The summed E-state index contributed by atoms with van der Waals surface area (Å²) in [5.41, 5.74) is 4.07. The van der Waals surface area contributed by atoms with E-state index in [1.54, 1.807) is 6.92 Å². The number of carboxylic acid groups (broad SMARTS) is 1. The normalized spacial score (nSPS) is 11.8. The lowest BCUT2D eigenvalue weighted by atomic mass is 10.1. The molecule has 5 N–H and O–H groups in total. The molecule has 10 nitrogen and oxygen atoms in total. The second kappa shape index (κ2) is 9.17. The number of fused-ring (bicyclic) bond motifs is 1. The van der Waals surface area contributed by atoms with E-state index in [0.717, 1.165) is 23.6 Å². The summed E-state index contributed by atoms with van der Waals surface area (Å²) in [6.45, 7) is 1.55. The molecule has 0 aliphatic heterocycles. The van der Waals surface area contributed by atoms with Crippen molar-refractivity contribution in [2.24, 2.45) is 5.14 Å². The average Bonchev–Trinajstić information content (AvgIpc) is 3.30. The van der Waals surface area contributed by atoms with Gasteiger partial charge in [-0.2, -0.15) is 18.3 Å². The Hall–Kier alpha value is -3.27. The third kappa shape index (κ3) is 5.44. The van der Waals surface area contributed by atoms with Gasteiger partial charge in [-0.05, 0) is 25.1 Å². The minimum atomic E-state index is -4.72. The van der Waals surface area contributed by atoms with E-state index in [2.05, 4.69) is 15.1 Å². The molecule has 3 aromatic heterocycles. The zero-order valence-electron chi connectivity index (χ0n) is 16.9. The maximum absolute atomic E-state index is 13.2. The minimum absolute atomic E-state index is 0.0236. The van der Waals surface area contributed by atoms with Gasteiger partial charge >= 0.3 is 12.1 Å². The maximum atomic E-state index is 13.2. The van der Waals surface area contributed by atoms with Crippen molar-refractivity contribution < 1.29 is 31.5 Å². The molecule has 180 valence electrons. The number of alkyl halides is 3. The molecule has 1 aromatic carbocycles. The molecular weight excluding hydrogens is 521 g/mol. The Bertz CT molecular complexity index is 1480. The van der Waals surface area contributed by atoms with Crippen molar-refractivity contribution in [3.63, 3.8) is 0 Å². The van der Waals surface area contributed by atoms with Crippen LogP contribution in [0.2, 0.25) is 5.02 Å². The molecule has 0 saturated heterocycles. The van der Waals surface area contributed by atoms with E-state index >= 15 is 0 Å². The average molecular weight is 535 g/mol. The molecular formula is C18H14ClF3N6O4S2. The highest BCUT2D eigenvalue weighted by atomic mass is 35.5. The number of hydrogen-bond acceptors (Lipinski definition) is 8. The second-order valence-corrected chi connectivity index (χ2v) is 9.82. The lowest BCUT2D eigenvalue weighted by molar-refractivity contribution is -0.142. The number of aryl methyl sites for hydroxylation is 1. The first-order chi connectivity index (χ1) is 15.7. The lowest BCUT2D eigenvalue weighted by Crippen LogP contribution is -2.14. The lowest BCUT2D eigenvalue weighted by Gasteiger charge is -2.11. The number of nitrogens with two attached hydrogens (primary N) is 2. The maximum Gasteiger partial charge on any atom is 0.433 e. The van der Waals surface area contributed by atoms with Crippen molar-refractivity contribution in [2.75, 3.05) is 5.73 Å². The number of hydrogen-bond donors (Lipinski definition) is 3. The highest BCUT2D eigenvalue weighted by Gasteiger charge is 2.36. The quantitative estimate of drug-likeness (QED) is 0.359. The number of anilines is 1. The first kappa shape index (κ1) is 25.4. The third-order valence-corrected chi connectivity index (χ3v) is 6.95. The van der Waals surface area contributed by atoms with Crippen molar-refractivity contribution in [2.45, 2.75) is 17.3 Å². The van der Waals surface area contributed by atoms with Gasteiger partial charge in [0.15, 0.2) is 20.7 Å². The molecule has 0 fully saturated rings. The summed E-state index contributed by atoms with van der Waals surface area (Å²) >= 11 is 6.63. The van der Waals surface area contributed by atoms with Crippen molar-refractivity contribution in [1.29, 1.82) is 0 Å². The predicted octanol–water partition coefficient (Wildman–Crippen LogP) is 3.45. The number of aromatic nitrogens is 4. The fourth-order valence-electron chi connectivity index (χ4n) is 2.75. The largest absolute Gasteiger partial charge is 0.477 e. The number of benzene rings is 1. The van der Waals surface area contributed by atoms with Crippen molar-refractivity contribution in [3.8, 4) is 11.3 Å². The van der Waals surface area contributed by atoms with E-state index < -0.39 is 33.4 Å². The summed E-state index contributed by atoms with van der Waals surface area (Å²) in [6, 6.07) is 6.82. The van der Waals surface area contributed by atoms with E-state index in [1.807, 2.05) is 0 Å². The Morgan fingerprint density at radius 1 is 1.21 bits per heavy atom. The van der Waals surface area contributed by atoms with Crippen LogP contribution in [0.5, 0.6) is 0 Å². The van der Waals surface area contributed by atoms with Crippen LogP contribution in [-0.2, 0) is 16.2 Å². The van der Waals surface area contributed by atoms with E-state index in [9.17, 15) is 26.4 Å². The minimum Gasteiger partial charge on any atom is -0.477 e. The first-order valence-electron chi connectivity index (χ1n) is 8.89. The second-order valence-electron chi connectivity index (χ2n) is 6.60. The summed E-state index contributed by atoms with van der Waals surface area (Å²) in [5, 5.41) is 18.0. The van der Waals surface area contributed by atoms with Crippen molar-refractivity contribution >= 4 is 49.7 Å². The molecule has 0 unspecified atom stereocenters. The predicted molar refractivity (Wildman–Crippen MR) is 118 cm³/mol. The Kier molecular flexibility index (Phi) is 6.84. The molecule has 0 atom stereocenters. The molecule has 0 bridgehead atoms. The number of halogens is 4. The zero-order valence-corrected chi connectivity index (χ0v) is 19.3. The van der Waals surface area contributed by atoms with Crippen LogP contribution in [0, 0.1) is 6.92 Å². The van der Waals surface area contributed by atoms with E-state index in [0.29, 0.717) is 20.8 Å². The molecule has 16 heteroatoms. The molecule has 0 spiro atoms. The number of thiazole rings is 1. The molecule has 4 aromatic rings. The van der Waals surface area contributed by atoms with Crippen LogP contribution in [0.4, 0.5) is 18.3 Å². The Morgan fingerprint density at radius 3 is 2.26 bits per heavy atom. The fraction of sp³-hybridized carbons (Fsp3) is 0.111. The summed E-state index contributed by atoms with van der Waals surface area (Å²) in [5.74, 6) is -1.41. The van der Waals surface area contributed by atoms with Gasteiger partial charge in [-0.3, -0.25) is 0 Å². The van der Waals surface area contributed by atoms with Gasteiger partial charge < -0.3 is 10.8 Å². The van der Waals surface area contributed by atoms with Crippen LogP contribution in [-0.4, -0.2) is 39.1 Å². The number of primary sulfonamides is 1. The smallest absolute Gasteiger partial charge is 0.433 e. The number of nitrogen functional groups attached to an aromatic ring is 1. The molecule has 0 saturated carbocycles. The van der Waals surface area contributed by atoms with Gasteiger partial charge in [0.1, 0.15) is 5.56 Å². The Morgan fingerprint density at radius 2 is 1.82 bits per heavy atom. The molecule has 0 radical (unpaired) electrons. The first-order valence-corrected chi connectivity index (χ1v) is 11.6. The van der Waals surface area contributed by atoms with Crippen LogP contribution >= 0.6 is 22.9 Å². The van der Waals surface area contributed by atoms with Crippen molar-refractivity contribution in [3.05, 3.63) is 58.5 Å². The van der Waals surface area contributed by atoms with Crippen LogP contribution in [0.15, 0.2) is 40.7 Å². The number of rotatable bonds is 3. The van der Waals surface area contributed by atoms with Crippen molar-refractivity contribution in [1.82, 2.24) is 19.6 Å². The van der Waals surface area contributed by atoms with Crippen LogP contribution in [0.3, 0.4) is 0 Å². The molecule has 3 heterocycles. The monoisotopic (exact) mass is 534 g/mol. The van der Waals surface area contributed by atoms with Gasteiger partial charge in [-0.1, -0.05) is 35.1 Å². The molecule has 0 amide bonds. The van der Waals surface area contributed by atoms with Gasteiger partial charge in [0, 0.05) is 10.6 Å². The summed E-state index contributed by atoms with van der Waals surface area (Å²) in [4.78, 5) is 18.9. The fourth-order valence-corrected chi connectivity index (χ4v) is 4.62. The van der Waals surface area contributed by atoms with E-state index in [1.165, 1.54) is 24.3 Å². The molecule has 4 rings (SSSR count). The van der Waals surface area contributed by atoms with Gasteiger partial charge in [-0.15, -0.1) is 0 Å². The van der Waals surface area contributed by atoms with Gasteiger partial charge in [0.2, 0.25) is 10.0 Å². The molecule has 0 aliphatic carbocycles. The third-order valence-electron chi connectivity index (χ3n) is 4.16. The van der Waals surface area contributed by atoms with Gasteiger partial charge in [-0.25, -0.2) is 32.8 Å². The van der Waals surface area contributed by atoms with Crippen LogP contribution in [0.1, 0.15) is 21.7 Å². The summed E-state index contributed by atoms with van der Waals surface area (Å²) < 4.78 is 61.7. The molecule has 0 aliphatic rings. The Balaban J connectivity index is 0.000000248. The topological polar surface area (TPSA) is 167 Å². The number of aromatic carboxylic acids is 1. The van der Waals surface area contributed by atoms with Gasteiger partial charge in [0.25, 0.3) is 0 Å². The SMILES string of the molecule is Cc1nc(N)sc1S(N)(=O)=O.O=C(O)c1cnn2c(C(F)(F)F)cc(-c3ccc(Cl)cc3)nc12. The summed E-state index contributed by atoms with van der Waals surface area (Å²) in [7, 11) is -3.64. The molecule has 34 heavy (non-hydrogen) atoms. The number of carboxylic acids is 1. The van der Waals surface area contributed by atoms with E-state index in [4.69, 9.17) is 27.6 Å². The zero-order chi connectivity index (χ0) is 25.4. The standard InChI is InChI=1S/C14H7ClF3N3O2.C4H7N3O2S2/c15-8-3-1-7(2-4-8)10-5-11(14(16,17)18)21-12(20-10)9(6-19-21)13(22)23;1-2-3(11(6,8)9)10-4(5)7-2/h1-6H,(H,22,23);1H3,(H2,5,7)(H2,6,8,9). The summed E-state index contributed by atoms with van der Waals surface area (Å²) in [6.07, 6.45) is -3.88.